The third-order valence-electron chi connectivity index (χ3n) is 3.63. The van der Waals surface area contributed by atoms with Crippen molar-refractivity contribution in [2.24, 2.45) is 0 Å². The number of hydrogen-bond acceptors (Lipinski definition) is 2. The highest BCUT2D eigenvalue weighted by Gasteiger charge is 2.14. The van der Waals surface area contributed by atoms with E-state index in [0.29, 0.717) is 5.92 Å². The van der Waals surface area contributed by atoms with E-state index in [1.54, 1.807) is 0 Å². The minimum Gasteiger partial charge on any atom is -0.269 e. The Bertz CT molecular complexity index is 517. The van der Waals surface area contributed by atoms with Crippen LogP contribution in [0.4, 0.5) is 0 Å². The van der Waals surface area contributed by atoms with Crippen LogP contribution in [0.1, 0.15) is 28.4 Å². The molecule has 0 saturated heterocycles. The Morgan fingerprint density at radius 3 is 2.33 bits per heavy atom. The van der Waals surface area contributed by atoms with E-state index in [-0.39, 0.29) is 0 Å². The van der Waals surface area contributed by atoms with Crippen molar-refractivity contribution < 1.29 is 0 Å². The largest absolute Gasteiger partial charge is 0.269 e. The average Bonchev–Trinajstić information content (AvgIpc) is 2.64. The molecule has 0 spiro atoms. The molecule has 0 aliphatic carbocycles. The molecule has 1 aromatic carbocycles. The zero-order chi connectivity index (χ0) is 13.1. The second-order valence-corrected chi connectivity index (χ2v) is 5.13. The van der Waals surface area contributed by atoms with Crippen molar-refractivity contribution in [3.8, 4) is 0 Å². The molecule has 0 aliphatic rings. The molecule has 0 radical (unpaired) electrons. The van der Waals surface area contributed by atoms with Crippen molar-refractivity contribution >= 4 is 12.6 Å². The van der Waals surface area contributed by atoms with Crippen molar-refractivity contribution in [2.45, 2.75) is 33.2 Å². The lowest BCUT2D eigenvalue weighted by molar-refractivity contribution is 0.534. The Kier molecular flexibility index (Phi) is 4.12. The van der Waals surface area contributed by atoms with E-state index in [1.807, 2.05) is 6.07 Å². The summed E-state index contributed by atoms with van der Waals surface area (Å²) < 4.78 is 2.11. The van der Waals surface area contributed by atoms with Crippen molar-refractivity contribution in [2.75, 3.05) is 5.75 Å². The zero-order valence-electron chi connectivity index (χ0n) is 11.2. The van der Waals surface area contributed by atoms with Gasteiger partial charge in [-0.2, -0.15) is 17.7 Å². The summed E-state index contributed by atoms with van der Waals surface area (Å²) in [6.07, 6.45) is 0. The maximum Gasteiger partial charge on any atom is 0.0625 e. The summed E-state index contributed by atoms with van der Waals surface area (Å²) in [6.45, 7) is 7.23. The summed E-state index contributed by atoms with van der Waals surface area (Å²) in [4.78, 5) is 0. The molecule has 2 nitrogen and oxygen atoms in total. The molecule has 0 fully saturated rings. The fraction of sp³-hybridized carbons (Fsp3) is 0.400. The first-order valence-corrected chi connectivity index (χ1v) is 6.93. The van der Waals surface area contributed by atoms with Crippen molar-refractivity contribution in [1.82, 2.24) is 9.78 Å². The molecular weight excluding hydrogens is 240 g/mol. The molecule has 1 aromatic heterocycles. The van der Waals surface area contributed by atoms with Crippen LogP contribution in [0.3, 0.4) is 0 Å². The van der Waals surface area contributed by atoms with Gasteiger partial charge in [0, 0.05) is 18.2 Å². The highest BCUT2D eigenvalue weighted by Crippen LogP contribution is 2.21. The first-order chi connectivity index (χ1) is 8.63. The molecular formula is C15H20N2S. The summed E-state index contributed by atoms with van der Waals surface area (Å²) in [5.41, 5.74) is 5.01. The van der Waals surface area contributed by atoms with E-state index in [4.69, 9.17) is 0 Å². The second-order valence-electron chi connectivity index (χ2n) is 4.77. The number of thiol groups is 1. The average molecular weight is 260 g/mol. The Hall–Kier alpha value is -1.22. The molecule has 0 saturated carbocycles. The molecule has 0 amide bonds. The minimum atomic E-state index is 0.409. The van der Waals surface area contributed by atoms with E-state index >= 15 is 0 Å². The molecule has 18 heavy (non-hydrogen) atoms. The van der Waals surface area contributed by atoms with Crippen LogP contribution in [0, 0.1) is 20.8 Å². The summed E-state index contributed by atoms with van der Waals surface area (Å²) in [7, 11) is 0. The Morgan fingerprint density at radius 2 is 1.83 bits per heavy atom. The predicted octanol–water partition coefficient (Wildman–Crippen LogP) is 3.52. The van der Waals surface area contributed by atoms with Crippen molar-refractivity contribution in [3.05, 3.63) is 52.8 Å². The number of nitrogens with zero attached hydrogens (tertiary/aromatic N) is 2. The first kappa shape index (κ1) is 13.2. The number of rotatable bonds is 4. The first-order valence-electron chi connectivity index (χ1n) is 6.30. The fourth-order valence-electron chi connectivity index (χ4n) is 2.17. The van der Waals surface area contributed by atoms with Crippen LogP contribution in [-0.2, 0) is 6.54 Å². The van der Waals surface area contributed by atoms with Gasteiger partial charge >= 0.3 is 0 Å². The van der Waals surface area contributed by atoms with Gasteiger partial charge in [-0.05, 0) is 37.7 Å². The van der Waals surface area contributed by atoms with Crippen LogP contribution in [0.2, 0.25) is 0 Å². The Morgan fingerprint density at radius 1 is 1.17 bits per heavy atom. The number of aryl methyl sites for hydroxylation is 1. The smallest absolute Gasteiger partial charge is 0.0625 e. The SMILES string of the molecule is Cc1nn(CC(CS)c2ccccc2)c(C)c1C. The van der Waals surface area contributed by atoms with Crippen LogP contribution in [0.25, 0.3) is 0 Å². The van der Waals surface area contributed by atoms with E-state index in [9.17, 15) is 0 Å². The molecule has 1 heterocycles. The van der Waals surface area contributed by atoms with Gasteiger partial charge in [-0.25, -0.2) is 0 Å². The molecule has 2 aromatic rings. The van der Waals surface area contributed by atoms with Gasteiger partial charge in [0.25, 0.3) is 0 Å². The van der Waals surface area contributed by atoms with E-state index < -0.39 is 0 Å². The van der Waals surface area contributed by atoms with Gasteiger partial charge in [0.1, 0.15) is 0 Å². The molecule has 1 unspecified atom stereocenters. The second kappa shape index (κ2) is 5.61. The zero-order valence-corrected chi connectivity index (χ0v) is 12.1. The van der Waals surface area contributed by atoms with E-state index in [0.717, 1.165) is 18.0 Å². The molecule has 1 atom stereocenters. The molecule has 3 heteroatoms. The molecule has 0 aliphatic heterocycles. The van der Waals surface area contributed by atoms with Crippen molar-refractivity contribution in [1.29, 1.82) is 0 Å². The fourth-order valence-corrected chi connectivity index (χ4v) is 2.49. The summed E-state index contributed by atoms with van der Waals surface area (Å²) in [6, 6.07) is 10.5. The van der Waals surface area contributed by atoms with Gasteiger partial charge in [-0.1, -0.05) is 30.3 Å². The van der Waals surface area contributed by atoms with Gasteiger partial charge in [0.05, 0.1) is 5.69 Å². The molecule has 96 valence electrons. The van der Waals surface area contributed by atoms with Crippen LogP contribution in [0.5, 0.6) is 0 Å². The maximum atomic E-state index is 4.61. The molecule has 0 N–H and O–H groups in total. The third-order valence-corrected chi connectivity index (χ3v) is 4.07. The summed E-state index contributed by atoms with van der Waals surface area (Å²) in [5, 5.41) is 4.61. The van der Waals surface area contributed by atoms with Gasteiger partial charge < -0.3 is 0 Å². The van der Waals surface area contributed by atoms with E-state index in [2.05, 4.69) is 67.4 Å². The molecule has 0 bridgehead atoms. The standard InChI is InChI=1S/C15H20N2S/c1-11-12(2)16-17(13(11)3)9-15(10-18)14-7-5-4-6-8-14/h4-8,15,18H,9-10H2,1-3H3. The van der Waals surface area contributed by atoms with Gasteiger partial charge in [0.15, 0.2) is 0 Å². The van der Waals surface area contributed by atoms with Gasteiger partial charge in [-0.3, -0.25) is 4.68 Å². The highest BCUT2D eigenvalue weighted by molar-refractivity contribution is 7.80. The Labute approximate surface area is 114 Å². The maximum absolute atomic E-state index is 4.61. The summed E-state index contributed by atoms with van der Waals surface area (Å²) in [5.74, 6) is 1.24. The number of hydrogen-bond donors (Lipinski definition) is 1. The van der Waals surface area contributed by atoms with Crippen molar-refractivity contribution in [3.63, 3.8) is 0 Å². The highest BCUT2D eigenvalue weighted by atomic mass is 32.1. The molecule has 2 rings (SSSR count). The number of aromatic nitrogens is 2. The minimum absolute atomic E-state index is 0.409. The monoisotopic (exact) mass is 260 g/mol. The summed E-state index contributed by atoms with van der Waals surface area (Å²) >= 11 is 4.48. The van der Waals surface area contributed by atoms with Crippen LogP contribution in [0.15, 0.2) is 30.3 Å². The van der Waals surface area contributed by atoms with Crippen LogP contribution < -0.4 is 0 Å². The topological polar surface area (TPSA) is 17.8 Å². The lowest BCUT2D eigenvalue weighted by Crippen LogP contribution is -2.13. The predicted molar refractivity (Wildman–Crippen MR) is 79.5 cm³/mol. The van der Waals surface area contributed by atoms with Gasteiger partial charge in [-0.15, -0.1) is 0 Å². The third kappa shape index (κ3) is 2.61. The number of benzene rings is 1. The van der Waals surface area contributed by atoms with Crippen LogP contribution >= 0.6 is 12.6 Å². The normalized spacial score (nSPS) is 12.7. The lowest BCUT2D eigenvalue weighted by atomic mass is 10.0. The Balaban J connectivity index is 2.23. The van der Waals surface area contributed by atoms with Gasteiger partial charge in [0.2, 0.25) is 0 Å². The van der Waals surface area contributed by atoms with E-state index in [1.165, 1.54) is 16.8 Å². The quantitative estimate of drug-likeness (QED) is 0.833. The lowest BCUT2D eigenvalue weighted by Gasteiger charge is -2.16. The van der Waals surface area contributed by atoms with Crippen LogP contribution in [-0.4, -0.2) is 15.5 Å².